The van der Waals surface area contributed by atoms with Crippen molar-refractivity contribution in [2.24, 2.45) is 0 Å². The van der Waals surface area contributed by atoms with Gasteiger partial charge < -0.3 is 19.7 Å². The summed E-state index contributed by atoms with van der Waals surface area (Å²) in [7, 11) is 0. The molecule has 0 saturated heterocycles. The highest BCUT2D eigenvalue weighted by molar-refractivity contribution is 9.10. The number of phenolic OH excluding ortho intramolecular Hbond substituents is 2. The molecule has 0 fully saturated rings. The van der Waals surface area contributed by atoms with E-state index in [1.807, 2.05) is 37.3 Å². The number of aromatic hydroxyl groups is 2. The molecule has 0 amide bonds. The Hall–Kier alpha value is -4.10. The maximum absolute atomic E-state index is 10.9. The third kappa shape index (κ3) is 4.05. The average molecular weight is 559 g/mol. The van der Waals surface area contributed by atoms with Crippen LogP contribution in [-0.2, 0) is 37.7 Å². The Morgan fingerprint density at radius 3 is 1.78 bits per heavy atom. The van der Waals surface area contributed by atoms with E-state index >= 15 is 0 Å². The lowest BCUT2D eigenvalue weighted by Gasteiger charge is -2.35. The molecule has 0 aliphatic heterocycles. The summed E-state index contributed by atoms with van der Waals surface area (Å²) in [6, 6.07) is 23.1. The number of fused-ring (bicyclic) bond motifs is 3. The van der Waals surface area contributed by atoms with Gasteiger partial charge in [-0.3, -0.25) is 9.59 Å². The van der Waals surface area contributed by atoms with Crippen molar-refractivity contribution < 1.29 is 29.3 Å². The molecule has 37 heavy (non-hydrogen) atoms. The maximum Gasteiger partial charge on any atom is 0.293 e. The van der Waals surface area contributed by atoms with Crippen molar-refractivity contribution in [3.8, 4) is 22.6 Å². The van der Waals surface area contributed by atoms with Crippen molar-refractivity contribution in [2.45, 2.75) is 25.6 Å². The second-order valence-corrected chi connectivity index (χ2v) is 9.91. The fourth-order valence-corrected chi connectivity index (χ4v) is 5.68. The summed E-state index contributed by atoms with van der Waals surface area (Å²) in [5, 5.41) is 21.1. The first-order valence-corrected chi connectivity index (χ1v) is 12.4. The lowest BCUT2D eigenvalue weighted by atomic mass is 9.67. The zero-order valence-electron chi connectivity index (χ0n) is 19.9. The van der Waals surface area contributed by atoms with Gasteiger partial charge in [0.2, 0.25) is 0 Å². The zero-order chi connectivity index (χ0) is 26.2. The quantitative estimate of drug-likeness (QED) is 0.231. The van der Waals surface area contributed by atoms with Crippen LogP contribution in [0.3, 0.4) is 0 Å². The Kier molecular flexibility index (Phi) is 6.48. The van der Waals surface area contributed by atoms with Crippen molar-refractivity contribution in [2.75, 3.05) is 0 Å². The molecule has 6 nitrogen and oxygen atoms in total. The Labute approximate surface area is 222 Å². The normalized spacial score (nSPS) is 12.9. The Morgan fingerprint density at radius 2 is 1.24 bits per heavy atom. The van der Waals surface area contributed by atoms with Crippen molar-refractivity contribution in [3.63, 3.8) is 0 Å². The highest BCUT2D eigenvalue weighted by atomic mass is 79.9. The van der Waals surface area contributed by atoms with Crippen molar-refractivity contribution in [1.29, 1.82) is 0 Å². The number of aryl methyl sites for hydroxylation is 1. The number of benzene rings is 4. The summed E-state index contributed by atoms with van der Waals surface area (Å²) >= 11 is 3.64. The minimum atomic E-state index is -0.853. The first-order valence-electron chi connectivity index (χ1n) is 11.6. The lowest BCUT2D eigenvalue weighted by Crippen LogP contribution is -2.29. The van der Waals surface area contributed by atoms with Crippen LogP contribution in [0.5, 0.6) is 11.5 Å². The number of carbonyl (C=O) groups is 2. The SMILES string of the molecule is Cc1ccc2c(c1)C(c1ccc(O)c(COC=O)c1)(c1ccc(O)c(COC=O)c1)c1cc(Br)ccc1-2. The van der Waals surface area contributed by atoms with Gasteiger partial charge in [0.15, 0.2) is 0 Å². The van der Waals surface area contributed by atoms with E-state index in [0.717, 1.165) is 43.4 Å². The topological polar surface area (TPSA) is 93.1 Å². The minimum absolute atomic E-state index is 0.0171. The minimum Gasteiger partial charge on any atom is -0.508 e. The van der Waals surface area contributed by atoms with Gasteiger partial charge in [0.25, 0.3) is 12.9 Å². The predicted octanol–water partition coefficient (Wildman–Crippen LogP) is 5.88. The summed E-state index contributed by atoms with van der Waals surface area (Å²) in [5.74, 6) is 0.0342. The number of ether oxygens (including phenoxy) is 2. The smallest absolute Gasteiger partial charge is 0.293 e. The molecule has 0 radical (unpaired) electrons. The number of phenols is 2. The third-order valence-electron chi connectivity index (χ3n) is 6.89. The van der Waals surface area contributed by atoms with E-state index < -0.39 is 5.41 Å². The number of hydrogen-bond acceptors (Lipinski definition) is 6. The molecule has 5 rings (SSSR count). The van der Waals surface area contributed by atoms with Crippen LogP contribution < -0.4 is 0 Å². The fraction of sp³-hybridized carbons (Fsp3) is 0.133. The zero-order valence-corrected chi connectivity index (χ0v) is 21.5. The largest absolute Gasteiger partial charge is 0.508 e. The van der Waals surface area contributed by atoms with Gasteiger partial charge in [-0.15, -0.1) is 0 Å². The second kappa shape index (κ2) is 9.75. The highest BCUT2D eigenvalue weighted by Gasteiger charge is 2.46. The molecule has 0 atom stereocenters. The van der Waals surface area contributed by atoms with Crippen LogP contribution in [-0.4, -0.2) is 23.2 Å². The monoisotopic (exact) mass is 558 g/mol. The van der Waals surface area contributed by atoms with E-state index in [0.29, 0.717) is 24.1 Å². The molecule has 0 bridgehead atoms. The lowest BCUT2D eigenvalue weighted by molar-refractivity contribution is -0.130. The van der Waals surface area contributed by atoms with Gasteiger partial charge in [0.1, 0.15) is 24.7 Å². The first kappa shape index (κ1) is 24.6. The van der Waals surface area contributed by atoms with Crippen molar-refractivity contribution in [3.05, 3.63) is 116 Å². The van der Waals surface area contributed by atoms with E-state index in [9.17, 15) is 19.8 Å². The standard InChI is InChI=1S/C30H23BrO6/c1-18-2-6-24-25-7-5-23(31)13-27(25)30(26(24)10-18,21-3-8-28(34)19(11-21)14-36-16-32)22-4-9-29(35)20(12-22)15-37-17-33/h2-13,16-17,34-35H,14-15H2,1H3. The Bertz CT molecular complexity index is 1410. The van der Waals surface area contributed by atoms with Crippen LogP contribution in [0.2, 0.25) is 0 Å². The van der Waals surface area contributed by atoms with Crippen LogP contribution in [0.15, 0.2) is 77.3 Å². The van der Waals surface area contributed by atoms with Crippen LogP contribution in [0, 0.1) is 6.92 Å². The number of rotatable bonds is 8. The molecule has 0 unspecified atom stereocenters. The molecule has 1 aliphatic carbocycles. The van der Waals surface area contributed by atoms with Gasteiger partial charge in [0.05, 0.1) is 5.41 Å². The molecular formula is C30H23BrO6. The van der Waals surface area contributed by atoms with Gasteiger partial charge in [-0.2, -0.15) is 0 Å². The fourth-order valence-electron chi connectivity index (χ4n) is 5.31. The molecule has 0 heterocycles. The molecule has 186 valence electrons. The molecular weight excluding hydrogens is 536 g/mol. The Morgan fingerprint density at radius 1 is 0.730 bits per heavy atom. The number of carbonyl (C=O) groups excluding carboxylic acids is 2. The summed E-state index contributed by atoms with van der Waals surface area (Å²) in [6.45, 7) is 2.56. The van der Waals surface area contributed by atoms with E-state index in [4.69, 9.17) is 9.47 Å². The average Bonchev–Trinajstić information content (AvgIpc) is 3.17. The second-order valence-electron chi connectivity index (χ2n) is 8.99. The Balaban J connectivity index is 1.90. The first-order chi connectivity index (χ1) is 17.9. The van der Waals surface area contributed by atoms with E-state index in [2.05, 4.69) is 46.3 Å². The molecule has 7 heteroatoms. The van der Waals surface area contributed by atoms with Crippen molar-refractivity contribution in [1.82, 2.24) is 0 Å². The highest BCUT2D eigenvalue weighted by Crippen LogP contribution is 2.57. The molecule has 0 aromatic heterocycles. The molecule has 1 aliphatic rings. The van der Waals surface area contributed by atoms with Gasteiger partial charge in [-0.25, -0.2) is 0 Å². The van der Waals surface area contributed by atoms with Crippen LogP contribution >= 0.6 is 15.9 Å². The van der Waals surface area contributed by atoms with Crippen LogP contribution in [0.25, 0.3) is 11.1 Å². The number of hydrogen-bond donors (Lipinski definition) is 2. The summed E-state index contributed by atoms with van der Waals surface area (Å²) in [4.78, 5) is 21.8. The van der Waals surface area contributed by atoms with Gasteiger partial charge in [-0.05, 0) is 76.7 Å². The van der Waals surface area contributed by atoms with Crippen LogP contribution in [0.4, 0.5) is 0 Å². The third-order valence-corrected chi connectivity index (χ3v) is 7.39. The molecule has 0 spiro atoms. The summed E-state index contributed by atoms with van der Waals surface area (Å²) < 4.78 is 10.9. The molecule has 4 aromatic carbocycles. The maximum atomic E-state index is 10.9. The number of halogens is 1. The summed E-state index contributed by atoms with van der Waals surface area (Å²) in [6.07, 6.45) is 0. The van der Waals surface area contributed by atoms with Gasteiger partial charge >= 0.3 is 0 Å². The molecule has 0 saturated carbocycles. The molecule has 2 N–H and O–H groups in total. The van der Waals surface area contributed by atoms with E-state index in [-0.39, 0.29) is 24.7 Å². The van der Waals surface area contributed by atoms with Crippen molar-refractivity contribution >= 4 is 28.9 Å². The van der Waals surface area contributed by atoms with E-state index in [1.54, 1.807) is 12.1 Å². The molecule has 4 aromatic rings. The summed E-state index contributed by atoms with van der Waals surface area (Å²) in [5.41, 5.74) is 6.97. The van der Waals surface area contributed by atoms with E-state index in [1.165, 1.54) is 0 Å². The van der Waals surface area contributed by atoms with Crippen LogP contribution in [0.1, 0.15) is 38.9 Å². The predicted molar refractivity (Wildman–Crippen MR) is 141 cm³/mol. The van der Waals surface area contributed by atoms with Gasteiger partial charge in [-0.1, -0.05) is 57.9 Å². The van der Waals surface area contributed by atoms with Gasteiger partial charge in [0, 0.05) is 15.6 Å².